The molecule has 21 heavy (non-hydrogen) atoms. The summed E-state index contributed by atoms with van der Waals surface area (Å²) in [7, 11) is 0. The van der Waals surface area contributed by atoms with Crippen molar-refractivity contribution in [2.75, 3.05) is 19.6 Å². The topological polar surface area (TPSA) is 58.4 Å². The Morgan fingerprint density at radius 1 is 1.43 bits per heavy atom. The fraction of sp³-hybridized carbons (Fsp3) is 0.615. The zero-order chi connectivity index (χ0) is 15.0. The van der Waals surface area contributed by atoms with Crippen LogP contribution in [0.3, 0.4) is 0 Å². The predicted octanol–water partition coefficient (Wildman–Crippen LogP) is 1.18. The molecule has 3 heterocycles. The Hall–Kier alpha value is -1.99. The van der Waals surface area contributed by atoms with E-state index in [-0.39, 0.29) is 18.9 Å². The van der Waals surface area contributed by atoms with E-state index in [4.69, 9.17) is 0 Å². The zero-order valence-corrected chi connectivity index (χ0v) is 11.4. The zero-order valence-electron chi connectivity index (χ0n) is 11.4. The van der Waals surface area contributed by atoms with Gasteiger partial charge in [-0.25, -0.2) is 18.6 Å². The van der Waals surface area contributed by atoms with Gasteiger partial charge < -0.3 is 9.80 Å². The minimum Gasteiger partial charge on any atom is -0.338 e. The number of alkyl halides is 2. The monoisotopic (exact) mass is 298 g/mol. The van der Waals surface area contributed by atoms with Gasteiger partial charge in [-0.1, -0.05) is 0 Å². The highest BCUT2D eigenvalue weighted by Gasteiger charge is 2.45. The molecular formula is C13H16F2N4O2. The molecule has 2 fully saturated rings. The summed E-state index contributed by atoms with van der Waals surface area (Å²) in [6, 6.07) is -1.15. The first-order chi connectivity index (χ1) is 9.96. The van der Waals surface area contributed by atoms with Crippen LogP contribution in [0.1, 0.15) is 19.3 Å². The lowest BCUT2D eigenvalue weighted by molar-refractivity contribution is -0.135. The summed E-state index contributed by atoms with van der Waals surface area (Å²) >= 11 is 0. The first-order valence-electron chi connectivity index (χ1n) is 6.91. The number of likely N-dealkylation sites (tertiary alicyclic amines) is 2. The van der Waals surface area contributed by atoms with Crippen molar-refractivity contribution in [3.63, 3.8) is 0 Å². The van der Waals surface area contributed by atoms with Crippen molar-refractivity contribution in [2.24, 2.45) is 0 Å². The lowest BCUT2D eigenvalue weighted by atomic mass is 10.0. The Balaban J connectivity index is 1.79. The second kappa shape index (κ2) is 5.09. The normalized spacial score (nSPS) is 25.4. The van der Waals surface area contributed by atoms with E-state index in [1.165, 1.54) is 28.2 Å². The van der Waals surface area contributed by atoms with Gasteiger partial charge in [-0.05, 0) is 6.42 Å². The van der Waals surface area contributed by atoms with E-state index in [1.54, 1.807) is 0 Å². The molecule has 0 spiro atoms. The summed E-state index contributed by atoms with van der Waals surface area (Å²) in [4.78, 5) is 30.3. The van der Waals surface area contributed by atoms with Gasteiger partial charge in [0, 0.05) is 38.3 Å². The number of carbonyl (C=O) groups is 2. The fourth-order valence-corrected chi connectivity index (χ4v) is 3.02. The molecule has 8 heteroatoms. The fourth-order valence-electron chi connectivity index (χ4n) is 3.02. The van der Waals surface area contributed by atoms with Crippen molar-refractivity contribution in [2.45, 2.75) is 31.2 Å². The number of amides is 2. The molecule has 0 aromatic carbocycles. The Bertz CT molecular complexity index is 546. The van der Waals surface area contributed by atoms with Crippen LogP contribution in [-0.4, -0.2) is 62.9 Å². The summed E-state index contributed by atoms with van der Waals surface area (Å²) in [5, 5.41) is 0. The molecule has 2 saturated heterocycles. The number of imidazole rings is 1. The van der Waals surface area contributed by atoms with Crippen LogP contribution in [0.4, 0.5) is 13.6 Å². The van der Waals surface area contributed by atoms with Gasteiger partial charge >= 0.3 is 6.03 Å². The Labute approximate surface area is 120 Å². The van der Waals surface area contributed by atoms with E-state index in [0.717, 1.165) is 4.90 Å². The van der Waals surface area contributed by atoms with E-state index < -0.39 is 24.5 Å². The first kappa shape index (κ1) is 14.0. The van der Waals surface area contributed by atoms with Crippen LogP contribution in [0, 0.1) is 0 Å². The molecule has 0 unspecified atom stereocenters. The maximum atomic E-state index is 13.9. The van der Waals surface area contributed by atoms with E-state index in [0.29, 0.717) is 19.4 Å². The van der Waals surface area contributed by atoms with Crippen LogP contribution in [0.25, 0.3) is 0 Å². The van der Waals surface area contributed by atoms with Gasteiger partial charge in [-0.2, -0.15) is 0 Å². The molecule has 0 radical (unpaired) electrons. The molecule has 2 aliphatic rings. The molecule has 0 N–H and O–H groups in total. The molecule has 2 amide bonds. The number of aromatic nitrogens is 2. The number of piperidine rings is 1. The first-order valence-corrected chi connectivity index (χ1v) is 6.91. The summed E-state index contributed by atoms with van der Waals surface area (Å²) in [6.45, 7) is 0.00751. The summed E-state index contributed by atoms with van der Waals surface area (Å²) in [6.07, 6.45) is 4.83. The van der Waals surface area contributed by atoms with Crippen LogP contribution >= 0.6 is 0 Å². The minimum absolute atomic E-state index is 0.104. The average Bonchev–Trinajstić information content (AvgIpc) is 3.06. The highest BCUT2D eigenvalue weighted by Crippen LogP contribution is 2.31. The van der Waals surface area contributed by atoms with E-state index >= 15 is 0 Å². The van der Waals surface area contributed by atoms with Crippen LogP contribution < -0.4 is 0 Å². The summed E-state index contributed by atoms with van der Waals surface area (Å²) < 4.78 is 29.0. The maximum absolute atomic E-state index is 13.9. The van der Waals surface area contributed by atoms with Gasteiger partial charge in [0.15, 0.2) is 0 Å². The molecular weight excluding hydrogens is 282 g/mol. The van der Waals surface area contributed by atoms with E-state index in [1.807, 2.05) is 0 Å². The van der Waals surface area contributed by atoms with Gasteiger partial charge in [-0.15, -0.1) is 0 Å². The van der Waals surface area contributed by atoms with E-state index in [9.17, 15) is 18.4 Å². The van der Waals surface area contributed by atoms with Crippen molar-refractivity contribution in [1.29, 1.82) is 0 Å². The quantitative estimate of drug-likeness (QED) is 0.782. The molecule has 3 rings (SSSR count). The van der Waals surface area contributed by atoms with Gasteiger partial charge in [0.1, 0.15) is 6.33 Å². The lowest BCUT2D eigenvalue weighted by Gasteiger charge is -2.41. The largest absolute Gasteiger partial charge is 0.338 e. The summed E-state index contributed by atoms with van der Waals surface area (Å²) in [5.41, 5.74) is 0. The molecule has 0 saturated carbocycles. The predicted molar refractivity (Wildman–Crippen MR) is 68.9 cm³/mol. The smallest absolute Gasteiger partial charge is 0.329 e. The number of carbonyl (C=O) groups excluding carboxylic acids is 2. The highest BCUT2D eigenvalue weighted by atomic mass is 19.3. The van der Waals surface area contributed by atoms with Crippen molar-refractivity contribution in [3.05, 3.63) is 18.7 Å². The minimum atomic E-state index is -2.98. The molecule has 1 aromatic heterocycles. The van der Waals surface area contributed by atoms with Crippen LogP contribution in [-0.2, 0) is 4.79 Å². The number of hydrogen-bond acceptors (Lipinski definition) is 3. The third kappa shape index (κ3) is 2.74. The van der Waals surface area contributed by atoms with Crippen molar-refractivity contribution < 1.29 is 18.4 Å². The molecule has 0 aliphatic carbocycles. The van der Waals surface area contributed by atoms with Crippen LogP contribution in [0.15, 0.2) is 18.7 Å². The Morgan fingerprint density at radius 3 is 2.86 bits per heavy atom. The SMILES string of the molecule is O=C1CCCN1[C@H]1CN(C(=O)n2ccnc2)CC(F)(F)C1. The standard InChI is InChI=1S/C13H16F2N4O2/c14-13(15)6-10(19-4-1-2-11(19)20)7-18(8-13)12(21)17-5-3-16-9-17/h3,5,9-10H,1-2,4,6-8H2/t10-/m1/s1. The van der Waals surface area contributed by atoms with Gasteiger partial charge in [-0.3, -0.25) is 9.36 Å². The van der Waals surface area contributed by atoms with Crippen molar-refractivity contribution in [1.82, 2.24) is 19.4 Å². The van der Waals surface area contributed by atoms with Gasteiger partial charge in [0.05, 0.1) is 12.6 Å². The molecule has 0 bridgehead atoms. The van der Waals surface area contributed by atoms with Crippen LogP contribution in [0.2, 0.25) is 0 Å². The van der Waals surface area contributed by atoms with Crippen LogP contribution in [0.5, 0.6) is 0 Å². The molecule has 114 valence electrons. The third-order valence-corrected chi connectivity index (χ3v) is 3.93. The van der Waals surface area contributed by atoms with E-state index in [2.05, 4.69) is 4.98 Å². The Morgan fingerprint density at radius 2 is 2.24 bits per heavy atom. The molecule has 1 atom stereocenters. The lowest BCUT2D eigenvalue weighted by Crippen LogP contribution is -2.57. The van der Waals surface area contributed by atoms with Crippen molar-refractivity contribution in [3.8, 4) is 0 Å². The second-order valence-electron chi connectivity index (χ2n) is 5.54. The second-order valence-corrected chi connectivity index (χ2v) is 5.54. The molecule has 1 aromatic rings. The molecule has 2 aliphatic heterocycles. The van der Waals surface area contributed by atoms with Crippen molar-refractivity contribution >= 4 is 11.9 Å². The third-order valence-electron chi connectivity index (χ3n) is 3.93. The van der Waals surface area contributed by atoms with Gasteiger partial charge in [0.2, 0.25) is 5.91 Å². The Kier molecular flexibility index (Phi) is 3.38. The number of halogens is 2. The van der Waals surface area contributed by atoms with Gasteiger partial charge in [0.25, 0.3) is 5.92 Å². The summed E-state index contributed by atoms with van der Waals surface area (Å²) in [5.74, 6) is -3.09. The number of nitrogens with zero attached hydrogens (tertiary/aromatic N) is 4. The average molecular weight is 298 g/mol. The molecule has 6 nitrogen and oxygen atoms in total. The number of hydrogen-bond donors (Lipinski definition) is 0. The maximum Gasteiger partial charge on any atom is 0.329 e. The number of rotatable bonds is 1. The highest BCUT2D eigenvalue weighted by molar-refractivity contribution is 5.79.